The highest BCUT2D eigenvalue weighted by Gasteiger charge is 2.53. The van der Waals surface area contributed by atoms with E-state index in [9.17, 15) is 4.79 Å². The van der Waals surface area contributed by atoms with Crippen molar-refractivity contribution in [1.82, 2.24) is 5.32 Å². The zero-order chi connectivity index (χ0) is 10.9. The van der Waals surface area contributed by atoms with Gasteiger partial charge in [0.1, 0.15) is 0 Å². The summed E-state index contributed by atoms with van der Waals surface area (Å²) in [5, 5.41) is 3.07. The molecule has 3 N–H and O–H groups in total. The van der Waals surface area contributed by atoms with Crippen LogP contribution in [-0.4, -0.2) is 18.5 Å². The average Bonchev–Trinajstić information content (AvgIpc) is 3.01. The molecule has 0 aliphatic heterocycles. The minimum Gasteiger partial charge on any atom is -0.356 e. The van der Waals surface area contributed by atoms with Crippen molar-refractivity contribution in [2.45, 2.75) is 51.5 Å². The van der Waals surface area contributed by atoms with Gasteiger partial charge in [-0.25, -0.2) is 0 Å². The summed E-state index contributed by atoms with van der Waals surface area (Å²) in [6.45, 7) is 2.86. The molecule has 2 saturated carbocycles. The fraction of sp³-hybridized carbons (Fsp3) is 0.917. The average molecular weight is 210 g/mol. The third kappa shape index (κ3) is 2.94. The summed E-state index contributed by atoms with van der Waals surface area (Å²) in [6.07, 6.45) is 6.79. The third-order valence-corrected chi connectivity index (χ3v) is 3.80. The molecule has 0 spiro atoms. The molecule has 0 saturated heterocycles. The van der Waals surface area contributed by atoms with Crippen molar-refractivity contribution in [1.29, 1.82) is 0 Å². The largest absolute Gasteiger partial charge is 0.356 e. The lowest BCUT2D eigenvalue weighted by molar-refractivity contribution is -0.121. The molecule has 2 aliphatic carbocycles. The van der Waals surface area contributed by atoms with Crippen molar-refractivity contribution in [3.63, 3.8) is 0 Å². The first kappa shape index (κ1) is 10.9. The van der Waals surface area contributed by atoms with Gasteiger partial charge < -0.3 is 11.1 Å². The van der Waals surface area contributed by atoms with Crippen LogP contribution in [0.5, 0.6) is 0 Å². The summed E-state index contributed by atoms with van der Waals surface area (Å²) in [5.41, 5.74) is 6.13. The Kier molecular flexibility index (Phi) is 3.01. The second-order valence-electron chi connectivity index (χ2n) is 5.43. The molecular formula is C12H22N2O. The van der Waals surface area contributed by atoms with Crippen LogP contribution >= 0.6 is 0 Å². The van der Waals surface area contributed by atoms with Gasteiger partial charge in [0.15, 0.2) is 0 Å². The van der Waals surface area contributed by atoms with Crippen LogP contribution in [0.25, 0.3) is 0 Å². The lowest BCUT2D eigenvalue weighted by atomic mass is 10.0. The van der Waals surface area contributed by atoms with Crippen LogP contribution in [0.2, 0.25) is 0 Å². The number of nitrogens with one attached hydrogen (secondary N) is 1. The van der Waals surface area contributed by atoms with E-state index in [2.05, 4.69) is 5.32 Å². The first-order valence-electron chi connectivity index (χ1n) is 6.15. The standard InChI is InChI=1S/C12H22N2O/c1-9(13)2-5-11(15)14-8-12(6-7-12)10-3-4-10/h9-10H,2-8,13H2,1H3,(H,14,15). The third-order valence-electron chi connectivity index (χ3n) is 3.80. The smallest absolute Gasteiger partial charge is 0.220 e. The van der Waals surface area contributed by atoms with Crippen molar-refractivity contribution in [3.05, 3.63) is 0 Å². The first-order valence-corrected chi connectivity index (χ1v) is 6.15. The Bertz CT molecular complexity index is 242. The lowest BCUT2D eigenvalue weighted by Crippen LogP contribution is -2.32. The van der Waals surface area contributed by atoms with Crippen LogP contribution in [0.1, 0.15) is 45.4 Å². The SMILES string of the molecule is CC(N)CCC(=O)NCC1(C2CC2)CC1. The molecule has 2 aliphatic rings. The van der Waals surface area contributed by atoms with E-state index in [0.717, 1.165) is 18.9 Å². The Balaban J connectivity index is 1.63. The monoisotopic (exact) mass is 210 g/mol. The van der Waals surface area contributed by atoms with E-state index in [4.69, 9.17) is 5.73 Å². The minimum atomic E-state index is 0.133. The van der Waals surface area contributed by atoms with E-state index < -0.39 is 0 Å². The maximum atomic E-state index is 11.5. The van der Waals surface area contributed by atoms with Crippen LogP contribution in [-0.2, 0) is 4.79 Å². The Morgan fingerprint density at radius 2 is 2.20 bits per heavy atom. The van der Waals surface area contributed by atoms with E-state index in [1.807, 2.05) is 6.92 Å². The van der Waals surface area contributed by atoms with Gasteiger partial charge in [-0.2, -0.15) is 0 Å². The molecule has 0 aromatic carbocycles. The van der Waals surface area contributed by atoms with E-state index >= 15 is 0 Å². The molecule has 15 heavy (non-hydrogen) atoms. The van der Waals surface area contributed by atoms with Crippen LogP contribution in [0.3, 0.4) is 0 Å². The normalized spacial score (nSPS) is 24.7. The minimum absolute atomic E-state index is 0.133. The highest BCUT2D eigenvalue weighted by atomic mass is 16.1. The summed E-state index contributed by atoms with van der Waals surface area (Å²) in [7, 11) is 0. The number of rotatable bonds is 6. The van der Waals surface area contributed by atoms with Gasteiger partial charge in [-0.1, -0.05) is 0 Å². The number of carbonyl (C=O) groups excluding carboxylic acids is 1. The van der Waals surface area contributed by atoms with Crippen LogP contribution in [0.4, 0.5) is 0 Å². The second-order valence-corrected chi connectivity index (χ2v) is 5.43. The number of amides is 1. The molecule has 3 heteroatoms. The summed E-state index contributed by atoms with van der Waals surface area (Å²) >= 11 is 0. The van der Waals surface area contributed by atoms with E-state index in [1.54, 1.807) is 0 Å². The van der Waals surface area contributed by atoms with E-state index in [0.29, 0.717) is 11.8 Å². The van der Waals surface area contributed by atoms with Gasteiger partial charge >= 0.3 is 0 Å². The van der Waals surface area contributed by atoms with Gasteiger partial charge in [0.25, 0.3) is 0 Å². The molecule has 0 radical (unpaired) electrons. The molecule has 2 fully saturated rings. The molecule has 3 nitrogen and oxygen atoms in total. The van der Waals surface area contributed by atoms with Gasteiger partial charge in [0, 0.05) is 19.0 Å². The van der Waals surface area contributed by atoms with Crippen molar-refractivity contribution >= 4 is 5.91 Å². The summed E-state index contributed by atoms with van der Waals surface area (Å²) < 4.78 is 0. The van der Waals surface area contributed by atoms with Crippen molar-refractivity contribution in [2.24, 2.45) is 17.1 Å². The number of nitrogens with two attached hydrogens (primary N) is 1. The number of carbonyl (C=O) groups is 1. The molecule has 2 rings (SSSR count). The lowest BCUT2D eigenvalue weighted by Gasteiger charge is -2.15. The van der Waals surface area contributed by atoms with Gasteiger partial charge in [-0.05, 0) is 50.4 Å². The topological polar surface area (TPSA) is 55.1 Å². The quantitative estimate of drug-likeness (QED) is 0.696. The molecule has 1 atom stereocenters. The predicted octanol–water partition coefficient (Wildman–Crippen LogP) is 1.42. The number of hydrogen-bond acceptors (Lipinski definition) is 2. The van der Waals surface area contributed by atoms with Gasteiger partial charge in [0.2, 0.25) is 5.91 Å². The van der Waals surface area contributed by atoms with Crippen molar-refractivity contribution in [2.75, 3.05) is 6.54 Å². The fourth-order valence-corrected chi connectivity index (χ4v) is 2.31. The fourth-order valence-electron chi connectivity index (χ4n) is 2.31. The molecule has 0 aromatic rings. The van der Waals surface area contributed by atoms with E-state index in [1.165, 1.54) is 25.7 Å². The molecular weight excluding hydrogens is 188 g/mol. The Morgan fingerprint density at radius 3 is 2.67 bits per heavy atom. The first-order chi connectivity index (χ1) is 7.12. The maximum absolute atomic E-state index is 11.5. The summed E-state index contributed by atoms with van der Waals surface area (Å²) in [6, 6.07) is 0.133. The van der Waals surface area contributed by atoms with Gasteiger partial charge in [-0.3, -0.25) is 4.79 Å². The molecule has 86 valence electrons. The predicted molar refractivity (Wildman–Crippen MR) is 60.3 cm³/mol. The Morgan fingerprint density at radius 1 is 1.53 bits per heavy atom. The molecule has 0 aromatic heterocycles. The summed E-state index contributed by atoms with van der Waals surface area (Å²) in [4.78, 5) is 11.5. The van der Waals surface area contributed by atoms with Crippen LogP contribution in [0.15, 0.2) is 0 Å². The number of hydrogen-bond donors (Lipinski definition) is 2. The van der Waals surface area contributed by atoms with Crippen molar-refractivity contribution < 1.29 is 4.79 Å². The summed E-state index contributed by atoms with van der Waals surface area (Å²) in [5.74, 6) is 1.10. The zero-order valence-corrected chi connectivity index (χ0v) is 9.59. The Labute approximate surface area is 91.8 Å². The highest BCUT2D eigenvalue weighted by Crippen LogP contribution is 2.60. The van der Waals surface area contributed by atoms with Crippen molar-refractivity contribution in [3.8, 4) is 0 Å². The van der Waals surface area contributed by atoms with Gasteiger partial charge in [0.05, 0.1) is 0 Å². The van der Waals surface area contributed by atoms with Crippen LogP contribution < -0.4 is 11.1 Å². The molecule has 0 heterocycles. The highest BCUT2D eigenvalue weighted by molar-refractivity contribution is 5.76. The second kappa shape index (κ2) is 4.12. The molecule has 1 unspecified atom stereocenters. The maximum Gasteiger partial charge on any atom is 0.220 e. The van der Waals surface area contributed by atoms with Gasteiger partial charge in [-0.15, -0.1) is 0 Å². The molecule has 1 amide bonds. The zero-order valence-electron chi connectivity index (χ0n) is 9.59. The Hall–Kier alpha value is -0.570. The van der Waals surface area contributed by atoms with E-state index in [-0.39, 0.29) is 11.9 Å². The van der Waals surface area contributed by atoms with Crippen LogP contribution in [0, 0.1) is 11.3 Å². The molecule has 0 bridgehead atoms.